The summed E-state index contributed by atoms with van der Waals surface area (Å²) in [5.74, 6) is 1.38. The highest BCUT2D eigenvalue weighted by atomic mass is 35.5. The van der Waals surface area contributed by atoms with E-state index in [2.05, 4.69) is 0 Å². The first-order chi connectivity index (χ1) is 14.9. The van der Waals surface area contributed by atoms with Gasteiger partial charge in [-0.2, -0.15) is 5.10 Å². The number of benzene rings is 3. The molecule has 2 aliphatic rings. The summed E-state index contributed by atoms with van der Waals surface area (Å²) >= 11 is 25.4. The van der Waals surface area contributed by atoms with Gasteiger partial charge in [0.1, 0.15) is 11.5 Å². The van der Waals surface area contributed by atoms with E-state index in [1.165, 1.54) is 0 Å². The second-order valence-corrected chi connectivity index (χ2v) is 9.00. The number of methoxy groups -OCH3 is 1. The molecule has 0 saturated carbocycles. The summed E-state index contributed by atoms with van der Waals surface area (Å²) in [5, 5.41) is 8.89. The Morgan fingerprint density at radius 2 is 1.65 bits per heavy atom. The molecule has 0 bridgehead atoms. The summed E-state index contributed by atoms with van der Waals surface area (Å²) in [6, 6.07) is 16.6. The van der Waals surface area contributed by atoms with Crippen LogP contribution in [0.25, 0.3) is 0 Å². The maximum atomic E-state index is 6.52. The largest absolute Gasteiger partial charge is 0.497 e. The van der Waals surface area contributed by atoms with Crippen molar-refractivity contribution >= 4 is 52.1 Å². The quantitative estimate of drug-likeness (QED) is 0.377. The second-order valence-electron chi connectivity index (χ2n) is 7.32. The number of fused-ring (bicyclic) bond motifs is 3. The molecule has 0 saturated heterocycles. The smallest absolute Gasteiger partial charge is 0.215 e. The number of halogens is 4. The minimum atomic E-state index is -0.559. The molecule has 0 fully saturated rings. The third-order valence-electron chi connectivity index (χ3n) is 5.46. The van der Waals surface area contributed by atoms with E-state index < -0.39 is 6.23 Å². The number of ether oxygens (including phenoxy) is 2. The molecular formula is C23H16Cl4N2O2. The molecule has 0 N–H and O–H groups in total. The molecule has 31 heavy (non-hydrogen) atoms. The van der Waals surface area contributed by atoms with Gasteiger partial charge in [0.25, 0.3) is 0 Å². The average molecular weight is 494 g/mol. The van der Waals surface area contributed by atoms with Crippen LogP contribution in [0.4, 0.5) is 0 Å². The zero-order valence-corrected chi connectivity index (χ0v) is 19.3. The van der Waals surface area contributed by atoms with Crippen LogP contribution in [-0.2, 0) is 0 Å². The molecule has 0 aliphatic carbocycles. The minimum absolute atomic E-state index is 0.103. The molecule has 158 valence electrons. The van der Waals surface area contributed by atoms with Crippen molar-refractivity contribution in [1.29, 1.82) is 0 Å². The van der Waals surface area contributed by atoms with E-state index in [4.69, 9.17) is 61.0 Å². The van der Waals surface area contributed by atoms with Crippen LogP contribution in [0, 0.1) is 0 Å². The van der Waals surface area contributed by atoms with Crippen LogP contribution >= 0.6 is 46.4 Å². The van der Waals surface area contributed by atoms with E-state index in [9.17, 15) is 0 Å². The summed E-state index contributed by atoms with van der Waals surface area (Å²) in [6.45, 7) is 0. The van der Waals surface area contributed by atoms with Crippen LogP contribution in [0.1, 0.15) is 35.4 Å². The SMILES string of the molecule is COc1ccc(C2=NN3C(C2)c2cc(Cl)cc(Cl)c2OC3c2ccc(Cl)cc2Cl)cc1. The Bertz CT molecular complexity index is 1200. The summed E-state index contributed by atoms with van der Waals surface area (Å²) in [5.41, 5.74) is 3.58. The van der Waals surface area contributed by atoms with Gasteiger partial charge in [-0.25, -0.2) is 5.01 Å². The number of hydrogen-bond acceptors (Lipinski definition) is 4. The Hall–Kier alpha value is -2.11. The average Bonchev–Trinajstić information content (AvgIpc) is 3.20. The zero-order valence-electron chi connectivity index (χ0n) is 16.3. The number of nitrogens with zero attached hydrogens (tertiary/aromatic N) is 2. The molecule has 2 unspecified atom stereocenters. The highest BCUT2D eigenvalue weighted by Crippen LogP contribution is 2.51. The van der Waals surface area contributed by atoms with E-state index in [0.717, 1.165) is 28.2 Å². The molecule has 5 rings (SSSR count). The molecule has 2 atom stereocenters. The lowest BCUT2D eigenvalue weighted by Crippen LogP contribution is -2.34. The second kappa shape index (κ2) is 8.10. The minimum Gasteiger partial charge on any atom is -0.497 e. The fourth-order valence-corrected chi connectivity index (χ4v) is 5.03. The molecule has 4 nitrogen and oxygen atoms in total. The monoisotopic (exact) mass is 492 g/mol. The molecule has 2 heterocycles. The van der Waals surface area contributed by atoms with Crippen molar-refractivity contribution in [3.63, 3.8) is 0 Å². The Balaban J connectivity index is 1.62. The van der Waals surface area contributed by atoms with E-state index in [1.807, 2.05) is 41.4 Å². The third kappa shape index (κ3) is 3.72. The molecule has 0 aromatic heterocycles. The standard InChI is InChI=1S/C23H16Cl4N2O2/c1-30-15-5-2-12(3-6-15)20-11-21-17-8-14(25)10-19(27)22(17)31-23(29(21)28-20)16-7-4-13(24)9-18(16)26/h2-10,21,23H,11H2,1H3. The van der Waals surface area contributed by atoms with Crippen molar-refractivity contribution in [3.8, 4) is 11.5 Å². The van der Waals surface area contributed by atoms with Crippen molar-refractivity contribution in [2.24, 2.45) is 5.10 Å². The first-order valence-electron chi connectivity index (χ1n) is 9.55. The van der Waals surface area contributed by atoms with Crippen molar-refractivity contribution in [2.45, 2.75) is 18.7 Å². The van der Waals surface area contributed by atoms with Gasteiger partial charge >= 0.3 is 0 Å². The molecule has 3 aromatic rings. The van der Waals surface area contributed by atoms with Crippen LogP contribution in [-0.4, -0.2) is 17.8 Å². The van der Waals surface area contributed by atoms with Crippen molar-refractivity contribution < 1.29 is 9.47 Å². The molecule has 0 spiro atoms. The van der Waals surface area contributed by atoms with Crippen molar-refractivity contribution in [1.82, 2.24) is 5.01 Å². The van der Waals surface area contributed by atoms with E-state index in [-0.39, 0.29) is 6.04 Å². The van der Waals surface area contributed by atoms with Gasteiger partial charge in [-0.05, 0) is 54.1 Å². The van der Waals surface area contributed by atoms with E-state index in [0.29, 0.717) is 32.3 Å². The van der Waals surface area contributed by atoms with Crippen LogP contribution < -0.4 is 9.47 Å². The van der Waals surface area contributed by atoms with Crippen LogP contribution in [0.3, 0.4) is 0 Å². The van der Waals surface area contributed by atoms with Gasteiger partial charge in [0, 0.05) is 27.6 Å². The summed E-state index contributed by atoms with van der Waals surface area (Å²) in [6.07, 6.45) is 0.109. The summed E-state index contributed by atoms with van der Waals surface area (Å²) in [7, 11) is 1.64. The Morgan fingerprint density at radius 1 is 0.903 bits per heavy atom. The fraction of sp³-hybridized carbons (Fsp3) is 0.174. The van der Waals surface area contributed by atoms with Crippen molar-refractivity contribution in [2.75, 3.05) is 7.11 Å². The van der Waals surface area contributed by atoms with Crippen molar-refractivity contribution in [3.05, 3.63) is 91.4 Å². The first kappa shape index (κ1) is 20.8. The normalized spacial score (nSPS) is 19.4. The van der Waals surface area contributed by atoms with Gasteiger partial charge in [-0.15, -0.1) is 0 Å². The van der Waals surface area contributed by atoms with Gasteiger partial charge in [-0.1, -0.05) is 52.5 Å². The Kier molecular flexibility index (Phi) is 5.43. The van der Waals surface area contributed by atoms with Crippen LogP contribution in [0.15, 0.2) is 59.7 Å². The van der Waals surface area contributed by atoms with Gasteiger partial charge in [0.15, 0.2) is 0 Å². The topological polar surface area (TPSA) is 34.1 Å². The lowest BCUT2D eigenvalue weighted by molar-refractivity contribution is -0.0188. The molecule has 0 radical (unpaired) electrons. The maximum absolute atomic E-state index is 6.52. The zero-order chi connectivity index (χ0) is 21.7. The summed E-state index contributed by atoms with van der Waals surface area (Å²) in [4.78, 5) is 0. The van der Waals surface area contributed by atoms with E-state index >= 15 is 0 Å². The first-order valence-corrected chi connectivity index (χ1v) is 11.1. The van der Waals surface area contributed by atoms with Gasteiger partial charge in [0.05, 0.1) is 28.9 Å². The molecule has 0 amide bonds. The van der Waals surface area contributed by atoms with Crippen LogP contribution in [0.2, 0.25) is 20.1 Å². The molecule has 2 aliphatic heterocycles. The van der Waals surface area contributed by atoms with Gasteiger partial charge < -0.3 is 9.47 Å². The summed E-state index contributed by atoms with van der Waals surface area (Å²) < 4.78 is 11.6. The van der Waals surface area contributed by atoms with Crippen LogP contribution in [0.5, 0.6) is 11.5 Å². The van der Waals surface area contributed by atoms with E-state index in [1.54, 1.807) is 25.3 Å². The number of hydrazone groups is 1. The predicted molar refractivity (Wildman–Crippen MR) is 125 cm³/mol. The Morgan fingerprint density at radius 3 is 2.35 bits per heavy atom. The third-order valence-corrected chi connectivity index (χ3v) is 6.52. The molecule has 8 heteroatoms. The molecular weight excluding hydrogens is 478 g/mol. The predicted octanol–water partition coefficient (Wildman–Crippen LogP) is 7.55. The lowest BCUT2D eigenvalue weighted by Gasteiger charge is -2.39. The molecule has 3 aromatic carbocycles. The Labute approximate surface area is 199 Å². The lowest BCUT2D eigenvalue weighted by atomic mass is 9.96. The fourth-order valence-electron chi connectivity index (χ4n) is 3.98. The van der Waals surface area contributed by atoms with Gasteiger partial charge in [-0.3, -0.25) is 0 Å². The maximum Gasteiger partial charge on any atom is 0.215 e. The van der Waals surface area contributed by atoms with Gasteiger partial charge in [0.2, 0.25) is 6.23 Å². The highest BCUT2D eigenvalue weighted by Gasteiger charge is 2.42. The number of rotatable bonds is 3. The number of hydrogen-bond donors (Lipinski definition) is 0. The highest BCUT2D eigenvalue weighted by molar-refractivity contribution is 6.36.